The van der Waals surface area contributed by atoms with E-state index in [-0.39, 0.29) is 0 Å². The molecule has 1 rings (SSSR count). The monoisotopic (exact) mass is 210 g/mol. The Labute approximate surface area is 92.3 Å². The summed E-state index contributed by atoms with van der Waals surface area (Å²) in [5, 5.41) is 0.852. The van der Waals surface area contributed by atoms with Crippen LogP contribution in [0.25, 0.3) is 0 Å². The van der Waals surface area contributed by atoms with Crippen molar-refractivity contribution < 1.29 is 0 Å². The number of halogens is 1. The molecule has 1 heteroatoms. The van der Waals surface area contributed by atoms with E-state index in [2.05, 4.69) is 26.0 Å². The molecule has 0 saturated carbocycles. The van der Waals surface area contributed by atoms with Crippen LogP contribution < -0.4 is 0 Å². The van der Waals surface area contributed by atoms with Gasteiger partial charge in [0, 0.05) is 5.02 Å². The topological polar surface area (TPSA) is 0 Å². The molecule has 0 aliphatic carbocycles. The Morgan fingerprint density at radius 1 is 1.29 bits per heavy atom. The van der Waals surface area contributed by atoms with Gasteiger partial charge in [0.2, 0.25) is 0 Å². The summed E-state index contributed by atoms with van der Waals surface area (Å²) in [6.45, 7) is 4.52. The van der Waals surface area contributed by atoms with Crippen molar-refractivity contribution in [1.29, 1.82) is 0 Å². The second-order valence-electron chi connectivity index (χ2n) is 3.95. The van der Waals surface area contributed by atoms with Gasteiger partial charge in [0.15, 0.2) is 0 Å². The zero-order valence-corrected chi connectivity index (χ0v) is 9.85. The first-order valence-electron chi connectivity index (χ1n) is 5.49. The molecule has 0 radical (unpaired) electrons. The number of hydrogen-bond donors (Lipinski definition) is 0. The van der Waals surface area contributed by atoms with E-state index >= 15 is 0 Å². The molecule has 0 bridgehead atoms. The number of unbranched alkanes of at least 4 members (excludes halogenated alkanes) is 2. The smallest absolute Gasteiger partial charge is 0.0408 e. The Hall–Kier alpha value is -0.490. The van der Waals surface area contributed by atoms with E-state index < -0.39 is 0 Å². The highest BCUT2D eigenvalue weighted by Crippen LogP contribution is 2.23. The molecule has 0 heterocycles. The highest BCUT2D eigenvalue weighted by Gasteiger charge is 2.04. The highest BCUT2D eigenvalue weighted by atomic mass is 35.5. The van der Waals surface area contributed by atoms with Gasteiger partial charge in [-0.1, -0.05) is 56.8 Å². The normalized spacial score (nSPS) is 12.8. The molecule has 0 nitrogen and oxygen atoms in total. The molecule has 78 valence electrons. The van der Waals surface area contributed by atoms with Crippen molar-refractivity contribution >= 4 is 11.6 Å². The molecule has 1 aromatic carbocycles. The van der Waals surface area contributed by atoms with Gasteiger partial charge in [-0.3, -0.25) is 0 Å². The summed E-state index contributed by atoms with van der Waals surface area (Å²) in [6, 6.07) is 8.22. The molecule has 0 aliphatic rings. The van der Waals surface area contributed by atoms with Crippen molar-refractivity contribution in [2.24, 2.45) is 0 Å². The lowest BCUT2D eigenvalue weighted by atomic mass is 9.95. The van der Waals surface area contributed by atoms with Crippen LogP contribution in [0, 0.1) is 0 Å². The van der Waals surface area contributed by atoms with Crippen LogP contribution in [0.15, 0.2) is 24.3 Å². The van der Waals surface area contributed by atoms with Crippen LogP contribution in [0.3, 0.4) is 0 Å². The van der Waals surface area contributed by atoms with Gasteiger partial charge < -0.3 is 0 Å². The van der Waals surface area contributed by atoms with Crippen LogP contribution in [0.2, 0.25) is 5.02 Å². The van der Waals surface area contributed by atoms with E-state index in [0.29, 0.717) is 5.92 Å². The zero-order valence-electron chi connectivity index (χ0n) is 9.09. The Morgan fingerprint density at radius 2 is 2.07 bits per heavy atom. The third-order valence-corrected chi connectivity index (χ3v) is 2.89. The number of benzene rings is 1. The second kappa shape index (κ2) is 6.08. The standard InChI is InChI=1S/C13H19Cl/c1-3-4-5-7-11(2)12-8-6-9-13(14)10-12/h6,8-11H,3-5,7H2,1-2H3. The van der Waals surface area contributed by atoms with E-state index in [1.54, 1.807) is 0 Å². The van der Waals surface area contributed by atoms with Gasteiger partial charge in [-0.05, 0) is 30.0 Å². The Kier molecular flexibility index (Phi) is 5.03. The summed E-state index contributed by atoms with van der Waals surface area (Å²) >= 11 is 5.95. The van der Waals surface area contributed by atoms with Crippen LogP contribution in [0.4, 0.5) is 0 Å². The van der Waals surface area contributed by atoms with Crippen LogP contribution in [0.5, 0.6) is 0 Å². The molecule has 0 N–H and O–H groups in total. The molecular weight excluding hydrogens is 192 g/mol. The van der Waals surface area contributed by atoms with Gasteiger partial charge in [0.1, 0.15) is 0 Å². The molecule has 0 saturated heterocycles. The lowest BCUT2D eigenvalue weighted by Crippen LogP contribution is -1.93. The van der Waals surface area contributed by atoms with E-state index in [0.717, 1.165) is 5.02 Å². The highest BCUT2D eigenvalue weighted by molar-refractivity contribution is 6.30. The summed E-state index contributed by atoms with van der Waals surface area (Å²) < 4.78 is 0. The lowest BCUT2D eigenvalue weighted by Gasteiger charge is -2.11. The molecule has 0 aromatic heterocycles. The Morgan fingerprint density at radius 3 is 2.71 bits per heavy atom. The van der Waals surface area contributed by atoms with Gasteiger partial charge in [-0.25, -0.2) is 0 Å². The molecule has 0 spiro atoms. The fourth-order valence-corrected chi connectivity index (χ4v) is 1.88. The molecule has 1 aromatic rings. The molecule has 0 fully saturated rings. The van der Waals surface area contributed by atoms with Gasteiger partial charge in [-0.15, -0.1) is 0 Å². The first-order valence-corrected chi connectivity index (χ1v) is 5.87. The quantitative estimate of drug-likeness (QED) is 0.599. The predicted molar refractivity (Wildman–Crippen MR) is 64.0 cm³/mol. The molecule has 1 atom stereocenters. The van der Waals surface area contributed by atoms with Crippen molar-refractivity contribution in [1.82, 2.24) is 0 Å². The maximum Gasteiger partial charge on any atom is 0.0408 e. The van der Waals surface area contributed by atoms with Gasteiger partial charge in [0.25, 0.3) is 0 Å². The minimum atomic E-state index is 0.639. The Bertz CT molecular complexity index is 268. The predicted octanol–water partition coefficient (Wildman–Crippen LogP) is 5.02. The minimum absolute atomic E-state index is 0.639. The largest absolute Gasteiger partial charge is 0.0843 e. The van der Waals surface area contributed by atoms with Crippen LogP contribution in [-0.2, 0) is 0 Å². The first-order chi connectivity index (χ1) is 6.74. The van der Waals surface area contributed by atoms with E-state index in [1.807, 2.05) is 12.1 Å². The van der Waals surface area contributed by atoms with Gasteiger partial charge in [-0.2, -0.15) is 0 Å². The molecular formula is C13H19Cl. The fourth-order valence-electron chi connectivity index (χ4n) is 1.68. The third kappa shape index (κ3) is 3.71. The molecule has 1 unspecified atom stereocenters. The maximum atomic E-state index is 5.95. The van der Waals surface area contributed by atoms with Gasteiger partial charge in [0.05, 0.1) is 0 Å². The van der Waals surface area contributed by atoms with Crippen molar-refractivity contribution in [2.45, 2.75) is 45.4 Å². The Balaban J connectivity index is 2.47. The van der Waals surface area contributed by atoms with Crippen molar-refractivity contribution in [3.8, 4) is 0 Å². The zero-order chi connectivity index (χ0) is 10.4. The number of rotatable bonds is 5. The maximum absolute atomic E-state index is 5.95. The van der Waals surface area contributed by atoms with Gasteiger partial charge >= 0.3 is 0 Å². The second-order valence-corrected chi connectivity index (χ2v) is 4.39. The minimum Gasteiger partial charge on any atom is -0.0843 e. The third-order valence-electron chi connectivity index (χ3n) is 2.66. The molecule has 0 aliphatic heterocycles. The average molecular weight is 211 g/mol. The average Bonchev–Trinajstić information content (AvgIpc) is 2.18. The number of hydrogen-bond acceptors (Lipinski definition) is 0. The van der Waals surface area contributed by atoms with E-state index in [9.17, 15) is 0 Å². The van der Waals surface area contributed by atoms with E-state index in [1.165, 1.54) is 31.2 Å². The summed E-state index contributed by atoms with van der Waals surface area (Å²) in [4.78, 5) is 0. The summed E-state index contributed by atoms with van der Waals surface area (Å²) in [5.41, 5.74) is 1.37. The SMILES string of the molecule is CCCCCC(C)c1cccc(Cl)c1. The van der Waals surface area contributed by atoms with E-state index in [4.69, 9.17) is 11.6 Å². The first kappa shape index (κ1) is 11.6. The van der Waals surface area contributed by atoms with Crippen LogP contribution in [-0.4, -0.2) is 0 Å². The van der Waals surface area contributed by atoms with Crippen LogP contribution in [0.1, 0.15) is 51.0 Å². The van der Waals surface area contributed by atoms with Crippen LogP contribution >= 0.6 is 11.6 Å². The van der Waals surface area contributed by atoms with Crippen molar-refractivity contribution in [3.05, 3.63) is 34.9 Å². The lowest BCUT2D eigenvalue weighted by molar-refractivity contribution is 0.598. The summed E-state index contributed by atoms with van der Waals surface area (Å²) in [7, 11) is 0. The van der Waals surface area contributed by atoms with Crippen molar-refractivity contribution in [3.63, 3.8) is 0 Å². The molecule has 0 amide bonds. The summed E-state index contributed by atoms with van der Waals surface area (Å²) in [5.74, 6) is 0.639. The molecule has 14 heavy (non-hydrogen) atoms. The fraction of sp³-hybridized carbons (Fsp3) is 0.538. The van der Waals surface area contributed by atoms with Crippen molar-refractivity contribution in [2.75, 3.05) is 0 Å². The summed E-state index contributed by atoms with van der Waals surface area (Å²) in [6.07, 6.45) is 5.23.